The number of carbonyl (C=O) groups is 2. The maximum atomic E-state index is 13.1. The molecular weight excluding hydrogens is 550 g/mol. The summed E-state index contributed by atoms with van der Waals surface area (Å²) in [6, 6.07) is -0.569. The van der Waals surface area contributed by atoms with Gasteiger partial charge in [0.25, 0.3) is 0 Å². The number of hydrogen-bond acceptors (Lipinski definition) is 9. The van der Waals surface area contributed by atoms with E-state index in [1.807, 2.05) is 32.1 Å². The number of aliphatic hydroxyl groups is 1. The number of ether oxygens (including phenoxy) is 5. The lowest BCUT2D eigenvalue weighted by Crippen LogP contribution is -2.44. The molecular formula is C34H57NO8. The minimum absolute atomic E-state index is 0.00549. The number of rotatable bonds is 7. The SMILES string of the molecule is COC[C@@H](C(=O)O[C@@H]1C/C=C/C=C/C(=O)OCC/C=C/[C@H](OC)C[C@H](C)C/C=C/[C@@H](OC)CC[C@@H](C)[C@@H](O)[C@@H]1C)N(C)C. The number of carbonyl (C=O) groups excluding carboxylic acids is 2. The van der Waals surface area contributed by atoms with E-state index in [1.165, 1.54) is 6.08 Å². The molecule has 0 aromatic carbocycles. The van der Waals surface area contributed by atoms with Crippen LogP contribution in [0.3, 0.4) is 0 Å². The molecule has 0 saturated carbocycles. The Hall–Kier alpha value is -2.30. The highest BCUT2D eigenvalue weighted by Crippen LogP contribution is 2.26. The number of cyclic esters (lactones) is 1. The van der Waals surface area contributed by atoms with Crippen molar-refractivity contribution in [3.05, 3.63) is 48.6 Å². The van der Waals surface area contributed by atoms with E-state index >= 15 is 0 Å². The standard InChI is InChI=1S/C34H57NO8/c1-25-15-14-17-28(40-7)21-20-26(2)33(37)27(3)31(43-34(38)30(24-39-6)35(4)5)18-10-9-11-19-32(36)42-22-13-12-16-29(23-25)41-8/h9-12,14,16-17,19,25-31,33,37H,13,15,18,20-24H2,1-8H3/b10-9+,16-12+,17-14+,19-11+/t25-,26-,27-,28-,29+,30+,31-,33-/m1/s1. The molecule has 0 spiro atoms. The largest absolute Gasteiger partial charge is 0.462 e. The first kappa shape index (κ1) is 38.7. The average Bonchev–Trinajstić information content (AvgIpc) is 2.98. The van der Waals surface area contributed by atoms with E-state index in [0.29, 0.717) is 18.8 Å². The fourth-order valence-electron chi connectivity index (χ4n) is 4.97. The van der Waals surface area contributed by atoms with Crippen molar-refractivity contribution in [3.8, 4) is 0 Å². The van der Waals surface area contributed by atoms with Crippen LogP contribution in [0.4, 0.5) is 0 Å². The lowest BCUT2D eigenvalue weighted by Gasteiger charge is -2.32. The van der Waals surface area contributed by atoms with Gasteiger partial charge in [-0.3, -0.25) is 9.69 Å². The summed E-state index contributed by atoms with van der Waals surface area (Å²) in [6.07, 6.45) is 17.7. The van der Waals surface area contributed by atoms with Crippen LogP contribution >= 0.6 is 0 Å². The van der Waals surface area contributed by atoms with Crippen LogP contribution in [0.25, 0.3) is 0 Å². The zero-order valence-electron chi connectivity index (χ0n) is 27.6. The molecule has 1 aliphatic heterocycles. The number of esters is 2. The third-order valence-electron chi connectivity index (χ3n) is 7.96. The Labute approximate surface area is 259 Å². The number of aliphatic hydroxyl groups excluding tert-OH is 1. The molecule has 0 amide bonds. The summed E-state index contributed by atoms with van der Waals surface area (Å²) < 4.78 is 27.8. The molecule has 1 rings (SSSR count). The molecule has 0 aromatic rings. The molecule has 0 radical (unpaired) electrons. The number of likely N-dealkylation sites (N-methyl/N-ethyl adjacent to an activating group) is 1. The molecule has 246 valence electrons. The van der Waals surface area contributed by atoms with Crippen molar-refractivity contribution < 1.29 is 38.4 Å². The molecule has 43 heavy (non-hydrogen) atoms. The highest BCUT2D eigenvalue weighted by molar-refractivity contribution is 5.82. The third kappa shape index (κ3) is 15.8. The Morgan fingerprint density at radius 3 is 2.35 bits per heavy atom. The summed E-state index contributed by atoms with van der Waals surface area (Å²) in [5.41, 5.74) is 0. The fourth-order valence-corrected chi connectivity index (χ4v) is 4.97. The predicted octanol–water partition coefficient (Wildman–Crippen LogP) is 4.90. The van der Waals surface area contributed by atoms with Crippen LogP contribution in [-0.4, -0.2) is 101 Å². The second-order valence-electron chi connectivity index (χ2n) is 11.8. The Morgan fingerprint density at radius 1 is 1.00 bits per heavy atom. The van der Waals surface area contributed by atoms with Crippen LogP contribution in [0, 0.1) is 17.8 Å². The van der Waals surface area contributed by atoms with Crippen molar-refractivity contribution in [1.29, 1.82) is 0 Å². The normalized spacial score (nSPS) is 33.0. The molecule has 0 saturated heterocycles. The Morgan fingerprint density at radius 2 is 1.70 bits per heavy atom. The molecule has 0 aliphatic carbocycles. The van der Waals surface area contributed by atoms with Gasteiger partial charge in [-0.25, -0.2) is 4.79 Å². The van der Waals surface area contributed by atoms with Crippen LogP contribution in [0.15, 0.2) is 48.6 Å². The summed E-state index contributed by atoms with van der Waals surface area (Å²) in [7, 11) is 8.54. The first-order chi connectivity index (χ1) is 20.5. The zero-order chi connectivity index (χ0) is 32.2. The minimum Gasteiger partial charge on any atom is -0.462 e. The van der Waals surface area contributed by atoms with Gasteiger partial charge in [-0.2, -0.15) is 0 Å². The summed E-state index contributed by atoms with van der Waals surface area (Å²) in [4.78, 5) is 27.0. The van der Waals surface area contributed by atoms with Crippen LogP contribution in [0.1, 0.15) is 59.3 Å². The van der Waals surface area contributed by atoms with Crippen molar-refractivity contribution in [1.82, 2.24) is 4.90 Å². The molecule has 1 N–H and O–H groups in total. The van der Waals surface area contributed by atoms with E-state index in [4.69, 9.17) is 23.7 Å². The number of allylic oxidation sites excluding steroid dienone is 3. The van der Waals surface area contributed by atoms with Gasteiger partial charge in [-0.05, 0) is 58.0 Å². The Balaban J connectivity index is 3.14. The van der Waals surface area contributed by atoms with E-state index in [-0.39, 0.29) is 37.3 Å². The van der Waals surface area contributed by atoms with Gasteiger partial charge in [-0.15, -0.1) is 0 Å². The van der Waals surface area contributed by atoms with Gasteiger partial charge in [-0.1, -0.05) is 63.3 Å². The predicted molar refractivity (Wildman–Crippen MR) is 170 cm³/mol. The maximum Gasteiger partial charge on any atom is 0.330 e. The van der Waals surface area contributed by atoms with Crippen LogP contribution < -0.4 is 0 Å². The molecule has 9 heteroatoms. The molecule has 1 heterocycles. The Kier molecular flexibility index (Phi) is 20.0. The molecule has 1 aliphatic rings. The molecule has 0 fully saturated rings. The highest BCUT2D eigenvalue weighted by atomic mass is 16.6. The van der Waals surface area contributed by atoms with Crippen molar-refractivity contribution in [2.24, 2.45) is 17.8 Å². The van der Waals surface area contributed by atoms with Gasteiger partial charge in [0, 0.05) is 39.7 Å². The second kappa shape index (κ2) is 22.2. The zero-order valence-corrected chi connectivity index (χ0v) is 27.6. The first-order valence-corrected chi connectivity index (χ1v) is 15.5. The van der Waals surface area contributed by atoms with E-state index in [2.05, 4.69) is 19.1 Å². The van der Waals surface area contributed by atoms with Gasteiger partial charge in [0.1, 0.15) is 12.1 Å². The lowest BCUT2D eigenvalue weighted by atomic mass is 9.85. The number of nitrogens with zero attached hydrogens (tertiary/aromatic N) is 1. The monoisotopic (exact) mass is 607 g/mol. The van der Waals surface area contributed by atoms with Gasteiger partial charge in [0.15, 0.2) is 0 Å². The van der Waals surface area contributed by atoms with Crippen molar-refractivity contribution in [2.45, 2.75) is 89.8 Å². The van der Waals surface area contributed by atoms with Crippen molar-refractivity contribution in [2.75, 3.05) is 48.6 Å². The maximum absolute atomic E-state index is 13.1. The second-order valence-corrected chi connectivity index (χ2v) is 11.8. The number of methoxy groups -OCH3 is 3. The van der Waals surface area contributed by atoms with Crippen LogP contribution in [0.2, 0.25) is 0 Å². The summed E-state index contributed by atoms with van der Waals surface area (Å²) in [5, 5.41) is 11.3. The third-order valence-corrected chi connectivity index (χ3v) is 7.96. The summed E-state index contributed by atoms with van der Waals surface area (Å²) >= 11 is 0. The number of hydrogen-bond donors (Lipinski definition) is 1. The Bertz CT molecular complexity index is 899. The molecule has 9 nitrogen and oxygen atoms in total. The highest BCUT2D eigenvalue weighted by Gasteiger charge is 2.33. The van der Waals surface area contributed by atoms with Crippen LogP contribution in [-0.2, 0) is 33.3 Å². The average molecular weight is 608 g/mol. The van der Waals surface area contributed by atoms with Gasteiger partial charge in [0.2, 0.25) is 0 Å². The summed E-state index contributed by atoms with van der Waals surface area (Å²) in [6.45, 7) is 6.58. The molecule has 8 atom stereocenters. The van der Waals surface area contributed by atoms with Gasteiger partial charge in [0.05, 0.1) is 31.5 Å². The van der Waals surface area contributed by atoms with Gasteiger partial charge >= 0.3 is 11.9 Å². The summed E-state index contributed by atoms with van der Waals surface area (Å²) in [5.74, 6) is -0.827. The first-order valence-electron chi connectivity index (χ1n) is 15.5. The topological polar surface area (TPSA) is 104 Å². The van der Waals surface area contributed by atoms with Crippen molar-refractivity contribution >= 4 is 11.9 Å². The van der Waals surface area contributed by atoms with E-state index < -0.39 is 30.2 Å². The lowest BCUT2D eigenvalue weighted by molar-refractivity contribution is -0.161. The molecule has 0 unspecified atom stereocenters. The smallest absolute Gasteiger partial charge is 0.330 e. The van der Waals surface area contributed by atoms with E-state index in [0.717, 1.165) is 25.7 Å². The molecule has 0 aromatic heterocycles. The van der Waals surface area contributed by atoms with E-state index in [1.54, 1.807) is 52.5 Å². The quantitative estimate of drug-likeness (QED) is 0.320. The van der Waals surface area contributed by atoms with Crippen molar-refractivity contribution in [3.63, 3.8) is 0 Å². The van der Waals surface area contributed by atoms with E-state index in [9.17, 15) is 14.7 Å². The fraction of sp³-hybridized carbons (Fsp3) is 0.706. The molecule has 0 bridgehead atoms. The van der Waals surface area contributed by atoms with Crippen LogP contribution in [0.5, 0.6) is 0 Å². The van der Waals surface area contributed by atoms with Gasteiger partial charge < -0.3 is 28.8 Å². The minimum atomic E-state index is -0.706.